The summed E-state index contributed by atoms with van der Waals surface area (Å²) in [4.78, 5) is 11.6. The van der Waals surface area contributed by atoms with E-state index >= 15 is 0 Å². The highest BCUT2D eigenvalue weighted by Gasteiger charge is 2.07. The minimum absolute atomic E-state index is 0.358. The van der Waals surface area contributed by atoms with Gasteiger partial charge < -0.3 is 4.42 Å². The topological polar surface area (TPSA) is 30.2 Å². The lowest BCUT2D eigenvalue weighted by molar-refractivity contribution is 0.561. The van der Waals surface area contributed by atoms with Crippen LogP contribution in [0.4, 0.5) is 0 Å². The molecule has 2 nitrogen and oxygen atoms in total. The lowest BCUT2D eigenvalue weighted by Crippen LogP contribution is -1.97. The van der Waals surface area contributed by atoms with Crippen molar-refractivity contribution in [1.82, 2.24) is 0 Å². The van der Waals surface area contributed by atoms with E-state index in [1.165, 1.54) is 6.07 Å². The van der Waals surface area contributed by atoms with Crippen molar-refractivity contribution in [1.29, 1.82) is 0 Å². The second-order valence-corrected chi connectivity index (χ2v) is 4.42. The average Bonchev–Trinajstić information content (AvgIpc) is 2.37. The minimum atomic E-state index is -0.358. The van der Waals surface area contributed by atoms with Gasteiger partial charge in [-0.25, -0.2) is 4.79 Å². The summed E-state index contributed by atoms with van der Waals surface area (Å²) in [5.41, 5.74) is 1.97. The van der Waals surface area contributed by atoms with Gasteiger partial charge in [-0.05, 0) is 29.3 Å². The molecule has 0 aliphatic carbocycles. The average molecular weight is 257 g/mol. The van der Waals surface area contributed by atoms with E-state index in [1.54, 1.807) is 12.1 Å². The van der Waals surface area contributed by atoms with Gasteiger partial charge in [0, 0.05) is 16.5 Å². The van der Waals surface area contributed by atoms with Gasteiger partial charge in [-0.3, -0.25) is 0 Å². The van der Waals surface area contributed by atoms with Gasteiger partial charge in [0.25, 0.3) is 0 Å². The van der Waals surface area contributed by atoms with Gasteiger partial charge in [0.1, 0.15) is 5.58 Å². The first kappa shape index (κ1) is 11.1. The molecule has 3 heteroatoms. The second kappa shape index (κ2) is 4.31. The molecule has 3 aromatic rings. The number of hydrogen-bond donors (Lipinski definition) is 0. The summed E-state index contributed by atoms with van der Waals surface area (Å²) in [6, 6.07) is 16.4. The van der Waals surface area contributed by atoms with Crippen molar-refractivity contribution in [2.24, 2.45) is 0 Å². The Labute approximate surface area is 108 Å². The van der Waals surface area contributed by atoms with Crippen molar-refractivity contribution in [3.8, 4) is 11.1 Å². The van der Waals surface area contributed by atoms with Crippen molar-refractivity contribution < 1.29 is 4.42 Å². The Morgan fingerprint density at radius 3 is 2.61 bits per heavy atom. The molecule has 0 N–H and O–H groups in total. The molecule has 3 rings (SSSR count). The number of halogens is 1. The summed E-state index contributed by atoms with van der Waals surface area (Å²) in [7, 11) is 0. The summed E-state index contributed by atoms with van der Waals surface area (Å²) in [5, 5.41) is 1.55. The first-order valence-electron chi connectivity index (χ1n) is 5.53. The van der Waals surface area contributed by atoms with Gasteiger partial charge in [0.15, 0.2) is 0 Å². The molecule has 0 fully saturated rings. The van der Waals surface area contributed by atoms with Crippen LogP contribution >= 0.6 is 11.6 Å². The fraction of sp³-hybridized carbons (Fsp3) is 0. The van der Waals surface area contributed by atoms with E-state index in [9.17, 15) is 4.79 Å². The summed E-state index contributed by atoms with van der Waals surface area (Å²) in [6.07, 6.45) is 0. The van der Waals surface area contributed by atoms with Crippen molar-refractivity contribution >= 4 is 22.6 Å². The predicted octanol–water partition coefficient (Wildman–Crippen LogP) is 4.11. The first-order valence-corrected chi connectivity index (χ1v) is 5.91. The van der Waals surface area contributed by atoms with E-state index in [4.69, 9.17) is 16.0 Å². The van der Waals surface area contributed by atoms with Crippen LogP contribution in [0.3, 0.4) is 0 Å². The lowest BCUT2D eigenvalue weighted by atomic mass is 10.0. The van der Waals surface area contributed by atoms with Crippen LogP contribution in [0.15, 0.2) is 63.8 Å². The Hall–Kier alpha value is -2.06. The Bertz CT molecular complexity index is 775. The molecular formula is C15H9ClO2. The van der Waals surface area contributed by atoms with Gasteiger partial charge in [-0.15, -0.1) is 0 Å². The fourth-order valence-electron chi connectivity index (χ4n) is 2.01. The number of benzene rings is 2. The third kappa shape index (κ3) is 1.91. The van der Waals surface area contributed by atoms with Crippen LogP contribution < -0.4 is 5.63 Å². The molecule has 0 radical (unpaired) electrons. The summed E-state index contributed by atoms with van der Waals surface area (Å²) >= 11 is 5.98. The fourth-order valence-corrected chi connectivity index (χ4v) is 2.20. The number of fused-ring (bicyclic) bond motifs is 1. The maximum Gasteiger partial charge on any atom is 0.336 e. The van der Waals surface area contributed by atoms with E-state index in [0.717, 1.165) is 16.5 Å². The Balaban J connectivity index is 2.38. The quantitative estimate of drug-likeness (QED) is 0.613. The van der Waals surface area contributed by atoms with Gasteiger partial charge >= 0.3 is 5.63 Å². The molecule has 18 heavy (non-hydrogen) atoms. The molecule has 0 spiro atoms. The Morgan fingerprint density at radius 2 is 1.78 bits per heavy atom. The number of hydrogen-bond acceptors (Lipinski definition) is 2. The predicted molar refractivity (Wildman–Crippen MR) is 72.9 cm³/mol. The molecule has 0 saturated heterocycles. The largest absolute Gasteiger partial charge is 0.423 e. The van der Waals surface area contributed by atoms with Crippen LogP contribution in [0.1, 0.15) is 0 Å². The molecule has 0 aliphatic rings. The first-order chi connectivity index (χ1) is 8.74. The summed E-state index contributed by atoms with van der Waals surface area (Å²) in [6.45, 7) is 0. The van der Waals surface area contributed by atoms with Crippen molar-refractivity contribution in [2.45, 2.75) is 0 Å². The van der Waals surface area contributed by atoms with Crippen LogP contribution in [-0.4, -0.2) is 0 Å². The second-order valence-electron chi connectivity index (χ2n) is 3.99. The van der Waals surface area contributed by atoms with Crippen molar-refractivity contribution in [2.75, 3.05) is 0 Å². The van der Waals surface area contributed by atoms with E-state index < -0.39 is 0 Å². The van der Waals surface area contributed by atoms with E-state index in [2.05, 4.69) is 0 Å². The highest BCUT2D eigenvalue weighted by molar-refractivity contribution is 6.30. The van der Waals surface area contributed by atoms with Gasteiger partial charge in [0.2, 0.25) is 0 Å². The smallest absolute Gasteiger partial charge is 0.336 e. The lowest BCUT2D eigenvalue weighted by Gasteiger charge is -2.05. The van der Waals surface area contributed by atoms with Gasteiger partial charge in [-0.2, -0.15) is 0 Å². The summed E-state index contributed by atoms with van der Waals surface area (Å²) in [5.74, 6) is 0. The zero-order chi connectivity index (χ0) is 12.5. The van der Waals surface area contributed by atoms with Crippen molar-refractivity contribution in [3.05, 3.63) is 70.0 Å². The SMILES string of the molecule is O=c1cc(-c2cccc(Cl)c2)c2ccccc2o1. The molecule has 88 valence electrons. The van der Waals surface area contributed by atoms with Gasteiger partial charge in [-0.1, -0.05) is 41.9 Å². The molecule has 1 heterocycles. The molecule has 0 atom stereocenters. The molecule has 0 aliphatic heterocycles. The maximum atomic E-state index is 11.6. The summed E-state index contributed by atoms with van der Waals surface area (Å²) < 4.78 is 5.17. The van der Waals surface area contributed by atoms with Crippen LogP contribution in [0, 0.1) is 0 Å². The van der Waals surface area contributed by atoms with E-state index in [-0.39, 0.29) is 5.63 Å². The minimum Gasteiger partial charge on any atom is -0.423 e. The van der Waals surface area contributed by atoms with E-state index in [0.29, 0.717) is 10.6 Å². The molecule has 2 aromatic carbocycles. The maximum absolute atomic E-state index is 11.6. The molecule has 0 amide bonds. The van der Waals surface area contributed by atoms with Crippen LogP contribution in [-0.2, 0) is 0 Å². The highest BCUT2D eigenvalue weighted by atomic mass is 35.5. The van der Waals surface area contributed by atoms with Crippen molar-refractivity contribution in [3.63, 3.8) is 0 Å². The van der Waals surface area contributed by atoms with E-state index in [1.807, 2.05) is 36.4 Å². The molecule has 0 saturated carbocycles. The number of rotatable bonds is 1. The van der Waals surface area contributed by atoms with Crippen LogP contribution in [0.2, 0.25) is 5.02 Å². The highest BCUT2D eigenvalue weighted by Crippen LogP contribution is 2.28. The normalized spacial score (nSPS) is 10.7. The Morgan fingerprint density at radius 1 is 0.944 bits per heavy atom. The molecule has 0 unspecified atom stereocenters. The Kier molecular flexibility index (Phi) is 2.65. The third-order valence-electron chi connectivity index (χ3n) is 2.79. The molecule has 0 bridgehead atoms. The monoisotopic (exact) mass is 256 g/mol. The third-order valence-corrected chi connectivity index (χ3v) is 3.02. The number of para-hydroxylation sites is 1. The molecule has 1 aromatic heterocycles. The zero-order valence-electron chi connectivity index (χ0n) is 9.39. The van der Waals surface area contributed by atoms with Gasteiger partial charge in [0.05, 0.1) is 0 Å². The molecular weight excluding hydrogens is 248 g/mol. The standard InChI is InChI=1S/C15H9ClO2/c16-11-5-3-4-10(8-11)13-9-15(17)18-14-7-2-1-6-12(13)14/h1-9H. The zero-order valence-corrected chi connectivity index (χ0v) is 10.1. The van der Waals surface area contributed by atoms with Crippen LogP contribution in [0.25, 0.3) is 22.1 Å². The van der Waals surface area contributed by atoms with Crippen LogP contribution in [0.5, 0.6) is 0 Å².